The van der Waals surface area contributed by atoms with Crippen molar-refractivity contribution in [2.75, 3.05) is 12.4 Å². The van der Waals surface area contributed by atoms with E-state index < -0.39 is 0 Å². The largest absolute Gasteiger partial charge is 0.372 e. The van der Waals surface area contributed by atoms with Crippen molar-refractivity contribution in [1.29, 1.82) is 0 Å². The Labute approximate surface area is 126 Å². The fraction of sp³-hybridized carbons (Fsp3) is 0.0909. The monoisotopic (exact) mass is 423 g/mol. The first-order valence-corrected chi connectivity index (χ1v) is 7.02. The van der Waals surface area contributed by atoms with Gasteiger partial charge in [-0.1, -0.05) is 27.5 Å². The summed E-state index contributed by atoms with van der Waals surface area (Å²) in [5, 5.41) is 3.66. The van der Waals surface area contributed by atoms with Crippen molar-refractivity contribution in [2.45, 2.75) is 0 Å². The minimum absolute atomic E-state index is 0.612. The first kappa shape index (κ1) is 13.0. The summed E-state index contributed by atoms with van der Waals surface area (Å²) in [4.78, 5) is 8.72. The number of nitrogens with zero attached hydrogens (tertiary/aromatic N) is 2. The predicted octanol–water partition coefficient (Wildman–Crippen LogP) is 4.21. The number of hydrogen-bond donors (Lipinski definition) is 1. The maximum Gasteiger partial charge on any atom is 0.163 e. The molecule has 0 atom stereocenters. The SMILES string of the molecule is CNc1nc(-c2cc(Br)ccc2Cl)ncc1I. The number of benzene rings is 1. The highest BCUT2D eigenvalue weighted by Crippen LogP contribution is 2.29. The molecule has 1 aromatic heterocycles. The number of hydrogen-bond acceptors (Lipinski definition) is 3. The summed E-state index contributed by atoms with van der Waals surface area (Å²) in [6, 6.07) is 5.61. The predicted molar refractivity (Wildman–Crippen MR) is 82.4 cm³/mol. The van der Waals surface area contributed by atoms with Crippen molar-refractivity contribution in [3.63, 3.8) is 0 Å². The molecule has 0 bridgehead atoms. The average molecular weight is 424 g/mol. The first-order chi connectivity index (χ1) is 8.11. The van der Waals surface area contributed by atoms with Crippen LogP contribution in [0.4, 0.5) is 5.82 Å². The smallest absolute Gasteiger partial charge is 0.163 e. The molecular weight excluding hydrogens is 416 g/mol. The standard InChI is InChI=1S/C11H8BrClIN3/c1-15-11-9(14)5-16-10(17-11)7-4-6(12)2-3-8(7)13/h2-5H,1H3,(H,15,16,17). The molecule has 1 heterocycles. The topological polar surface area (TPSA) is 37.8 Å². The van der Waals surface area contributed by atoms with Crippen LogP contribution in [0.2, 0.25) is 5.02 Å². The van der Waals surface area contributed by atoms with Crippen LogP contribution in [0.5, 0.6) is 0 Å². The zero-order valence-electron chi connectivity index (χ0n) is 8.84. The van der Waals surface area contributed by atoms with Crippen molar-refractivity contribution < 1.29 is 0 Å². The Hall–Kier alpha value is -0.400. The van der Waals surface area contributed by atoms with Crippen LogP contribution in [-0.2, 0) is 0 Å². The Morgan fingerprint density at radius 2 is 2.18 bits per heavy atom. The molecule has 88 valence electrons. The van der Waals surface area contributed by atoms with Gasteiger partial charge < -0.3 is 5.32 Å². The summed E-state index contributed by atoms with van der Waals surface area (Å²) in [6.45, 7) is 0. The lowest BCUT2D eigenvalue weighted by molar-refractivity contribution is 1.15. The minimum Gasteiger partial charge on any atom is -0.372 e. The Bertz CT molecular complexity index is 562. The molecule has 0 saturated carbocycles. The van der Waals surface area contributed by atoms with Gasteiger partial charge in [0.2, 0.25) is 0 Å². The third kappa shape index (κ3) is 2.89. The minimum atomic E-state index is 0.612. The zero-order valence-corrected chi connectivity index (χ0v) is 13.3. The molecule has 2 aromatic rings. The maximum absolute atomic E-state index is 6.14. The van der Waals surface area contributed by atoms with E-state index in [1.807, 2.05) is 25.2 Å². The third-order valence-electron chi connectivity index (χ3n) is 2.15. The molecule has 0 aliphatic rings. The quantitative estimate of drug-likeness (QED) is 0.735. The second-order valence-electron chi connectivity index (χ2n) is 3.26. The molecule has 0 saturated heterocycles. The number of rotatable bonds is 2. The fourth-order valence-electron chi connectivity index (χ4n) is 1.34. The summed E-state index contributed by atoms with van der Waals surface area (Å²) < 4.78 is 1.92. The van der Waals surface area contributed by atoms with Gasteiger partial charge in [0, 0.05) is 23.3 Å². The van der Waals surface area contributed by atoms with E-state index in [-0.39, 0.29) is 0 Å². The Morgan fingerprint density at radius 3 is 2.88 bits per heavy atom. The van der Waals surface area contributed by atoms with Gasteiger partial charge in [0.25, 0.3) is 0 Å². The summed E-state index contributed by atoms with van der Waals surface area (Å²) in [5.41, 5.74) is 0.814. The molecule has 1 aromatic carbocycles. The van der Waals surface area contributed by atoms with Crippen molar-refractivity contribution in [3.8, 4) is 11.4 Å². The second-order valence-corrected chi connectivity index (χ2v) is 5.75. The molecule has 0 aliphatic carbocycles. The zero-order chi connectivity index (χ0) is 12.4. The summed E-state index contributed by atoms with van der Waals surface area (Å²) in [6.07, 6.45) is 1.77. The molecule has 0 fully saturated rings. The van der Waals surface area contributed by atoms with Crippen molar-refractivity contribution in [3.05, 3.63) is 37.5 Å². The van der Waals surface area contributed by atoms with E-state index in [1.165, 1.54) is 0 Å². The van der Waals surface area contributed by atoms with Crippen LogP contribution >= 0.6 is 50.1 Å². The van der Waals surface area contributed by atoms with Gasteiger partial charge in [-0.15, -0.1) is 0 Å². The Kier molecular flexibility index (Phi) is 4.22. The van der Waals surface area contributed by atoms with E-state index in [4.69, 9.17) is 11.6 Å². The van der Waals surface area contributed by atoms with E-state index in [0.717, 1.165) is 19.4 Å². The summed E-state index contributed by atoms with van der Waals surface area (Å²) >= 11 is 11.7. The third-order valence-corrected chi connectivity index (χ3v) is 3.76. The van der Waals surface area contributed by atoms with Crippen LogP contribution < -0.4 is 5.32 Å². The van der Waals surface area contributed by atoms with Crippen LogP contribution in [0.1, 0.15) is 0 Å². The van der Waals surface area contributed by atoms with Crippen LogP contribution in [0.3, 0.4) is 0 Å². The number of aromatic nitrogens is 2. The van der Waals surface area contributed by atoms with Gasteiger partial charge in [-0.3, -0.25) is 0 Å². The normalized spacial score (nSPS) is 10.4. The van der Waals surface area contributed by atoms with Crippen molar-refractivity contribution in [1.82, 2.24) is 9.97 Å². The van der Waals surface area contributed by atoms with E-state index in [9.17, 15) is 0 Å². The molecule has 0 unspecified atom stereocenters. The van der Waals surface area contributed by atoms with E-state index >= 15 is 0 Å². The van der Waals surface area contributed by atoms with Gasteiger partial charge in [-0.2, -0.15) is 0 Å². The highest BCUT2D eigenvalue weighted by atomic mass is 127. The molecule has 6 heteroatoms. The van der Waals surface area contributed by atoms with Gasteiger partial charge in [0.05, 0.1) is 8.59 Å². The second kappa shape index (κ2) is 5.49. The molecule has 0 radical (unpaired) electrons. The highest BCUT2D eigenvalue weighted by Gasteiger charge is 2.09. The highest BCUT2D eigenvalue weighted by molar-refractivity contribution is 14.1. The lowest BCUT2D eigenvalue weighted by Gasteiger charge is -2.07. The maximum atomic E-state index is 6.14. The number of anilines is 1. The van der Waals surface area contributed by atoms with Crippen molar-refractivity contribution in [2.24, 2.45) is 0 Å². The van der Waals surface area contributed by atoms with Gasteiger partial charge >= 0.3 is 0 Å². The average Bonchev–Trinajstić information content (AvgIpc) is 2.33. The molecule has 1 N–H and O–H groups in total. The van der Waals surface area contributed by atoms with Crippen molar-refractivity contribution >= 4 is 55.9 Å². The van der Waals surface area contributed by atoms with Gasteiger partial charge in [-0.05, 0) is 40.8 Å². The van der Waals surface area contributed by atoms with Crippen LogP contribution in [0, 0.1) is 3.57 Å². The lowest BCUT2D eigenvalue weighted by Crippen LogP contribution is -1.99. The van der Waals surface area contributed by atoms with Crippen LogP contribution in [-0.4, -0.2) is 17.0 Å². The Balaban J connectivity index is 2.56. The van der Waals surface area contributed by atoms with Gasteiger partial charge in [0.1, 0.15) is 5.82 Å². The molecule has 0 amide bonds. The van der Waals surface area contributed by atoms with Gasteiger partial charge in [0.15, 0.2) is 5.82 Å². The fourth-order valence-corrected chi connectivity index (χ4v) is 2.43. The number of nitrogens with one attached hydrogen (secondary N) is 1. The first-order valence-electron chi connectivity index (χ1n) is 4.77. The van der Waals surface area contributed by atoms with Crippen LogP contribution in [0.15, 0.2) is 28.9 Å². The van der Waals surface area contributed by atoms with E-state index in [0.29, 0.717) is 10.8 Å². The molecule has 17 heavy (non-hydrogen) atoms. The molecule has 0 aliphatic heterocycles. The summed E-state index contributed by atoms with van der Waals surface area (Å²) in [7, 11) is 1.83. The molecule has 3 nitrogen and oxygen atoms in total. The van der Waals surface area contributed by atoms with Gasteiger partial charge in [-0.25, -0.2) is 9.97 Å². The molecule has 0 spiro atoms. The van der Waals surface area contributed by atoms with Crippen LogP contribution in [0.25, 0.3) is 11.4 Å². The van der Waals surface area contributed by atoms with E-state index in [2.05, 4.69) is 53.8 Å². The number of halogens is 3. The lowest BCUT2D eigenvalue weighted by atomic mass is 10.2. The molecule has 2 rings (SSSR count). The van der Waals surface area contributed by atoms with E-state index in [1.54, 1.807) is 6.20 Å². The Morgan fingerprint density at radius 1 is 1.41 bits per heavy atom. The molecular formula is C11H8BrClIN3. The summed E-state index contributed by atoms with van der Waals surface area (Å²) in [5.74, 6) is 1.41.